The Morgan fingerprint density at radius 2 is 0.351 bits per heavy atom. The first-order valence-electron chi connectivity index (χ1n) is 42.5. The van der Waals surface area contributed by atoms with E-state index in [9.17, 15) is 0 Å². The fourth-order valence-corrected chi connectivity index (χ4v) is 13.3. The molecule has 94 heavy (non-hydrogen) atoms. The van der Waals surface area contributed by atoms with Crippen molar-refractivity contribution in [1.82, 2.24) is 0 Å². The van der Waals surface area contributed by atoms with Gasteiger partial charge in [0.2, 0.25) is 0 Å². The van der Waals surface area contributed by atoms with Gasteiger partial charge in [0.05, 0.1) is 94.3 Å². The number of likely N-dealkylation sites (N-methyl/N-ethyl adjacent to an activating group) is 2. The van der Waals surface area contributed by atoms with Crippen LogP contribution in [0.25, 0.3) is 0 Å². The molecule has 2 unspecified atom stereocenters. The third kappa shape index (κ3) is 77.3. The van der Waals surface area contributed by atoms with Crippen LogP contribution in [-0.4, -0.2) is 168 Å². The highest BCUT2D eigenvalue weighted by Gasteiger charge is 2.25. The lowest BCUT2D eigenvalue weighted by Crippen LogP contribution is -2.49. The minimum absolute atomic E-state index is 0.105. The summed E-state index contributed by atoms with van der Waals surface area (Å²) in [5.41, 5.74) is 0. The smallest absolute Gasteiger partial charge is 0.130 e. The number of hydrogen-bond donors (Lipinski definition) is 0. The molecule has 0 amide bonds. The topological polar surface area (TPSA) is 73.8 Å². The molecule has 0 fully saturated rings. The SMILES string of the molecule is CCCCCCCCCCCCCCCCOCC(C[N+](C)(C)CCOCCOCCOCCOCC[N+](C)(C)CC(COCCCCCCCCCCCCCCCC)OCCCCCCCCCCCCCCCC)OCCCCCCCCCCCCCCCC. The second kappa shape index (κ2) is 78.3. The molecule has 0 heterocycles. The molecule has 0 aromatic carbocycles. The second-order valence-corrected chi connectivity index (χ2v) is 30.7. The molecule has 10 nitrogen and oxygen atoms in total. The minimum atomic E-state index is 0.105. The first-order valence-corrected chi connectivity index (χ1v) is 42.5. The lowest BCUT2D eigenvalue weighted by Gasteiger charge is -2.33. The van der Waals surface area contributed by atoms with Crippen molar-refractivity contribution in [3.05, 3.63) is 0 Å². The number of rotatable bonds is 85. The van der Waals surface area contributed by atoms with E-state index in [1.54, 1.807) is 0 Å². The number of ether oxygens (including phenoxy) is 8. The maximum atomic E-state index is 6.60. The molecular weight excluding hydrogens is 1160 g/mol. The van der Waals surface area contributed by atoms with Crippen LogP contribution in [0.1, 0.15) is 387 Å². The maximum absolute atomic E-state index is 6.60. The Morgan fingerprint density at radius 3 is 0.553 bits per heavy atom. The Balaban J connectivity index is 4.56. The van der Waals surface area contributed by atoms with E-state index < -0.39 is 0 Å². The lowest BCUT2D eigenvalue weighted by molar-refractivity contribution is -0.894. The molecule has 10 heteroatoms. The van der Waals surface area contributed by atoms with Crippen molar-refractivity contribution < 1.29 is 46.9 Å². The van der Waals surface area contributed by atoms with Gasteiger partial charge in [0.25, 0.3) is 0 Å². The van der Waals surface area contributed by atoms with E-state index >= 15 is 0 Å². The van der Waals surface area contributed by atoms with Crippen LogP contribution in [0, 0.1) is 0 Å². The van der Waals surface area contributed by atoms with Crippen molar-refractivity contribution >= 4 is 0 Å². The van der Waals surface area contributed by atoms with E-state index in [-0.39, 0.29) is 12.2 Å². The molecule has 2 atom stereocenters. The van der Waals surface area contributed by atoms with Crippen molar-refractivity contribution in [1.29, 1.82) is 0 Å². The average Bonchev–Trinajstić information content (AvgIpc) is 1.35. The van der Waals surface area contributed by atoms with Crippen molar-refractivity contribution in [2.75, 3.05) is 147 Å². The van der Waals surface area contributed by atoms with Gasteiger partial charge in [-0.2, -0.15) is 0 Å². The zero-order chi connectivity index (χ0) is 68.1. The molecular formula is C84H174N2O8+2. The molecule has 566 valence electrons. The van der Waals surface area contributed by atoms with E-state index in [4.69, 9.17) is 37.9 Å². The molecule has 0 N–H and O–H groups in total. The normalized spacial score (nSPS) is 12.9. The van der Waals surface area contributed by atoms with Gasteiger partial charge in [0.15, 0.2) is 0 Å². The molecule has 0 saturated heterocycles. The van der Waals surface area contributed by atoms with Gasteiger partial charge in [-0.25, -0.2) is 0 Å². The summed E-state index contributed by atoms with van der Waals surface area (Å²) in [5.74, 6) is 0. The Morgan fingerprint density at radius 1 is 0.181 bits per heavy atom. The summed E-state index contributed by atoms with van der Waals surface area (Å²) in [6.45, 7) is 22.5. The summed E-state index contributed by atoms with van der Waals surface area (Å²) in [4.78, 5) is 0. The number of hydrogen-bond acceptors (Lipinski definition) is 8. The van der Waals surface area contributed by atoms with Crippen LogP contribution < -0.4 is 0 Å². The van der Waals surface area contributed by atoms with Gasteiger partial charge in [0.1, 0.15) is 38.4 Å². The molecule has 0 rings (SSSR count). The van der Waals surface area contributed by atoms with Crippen LogP contribution in [0.4, 0.5) is 0 Å². The average molecular weight is 1340 g/mol. The number of unbranched alkanes of at least 4 members (excludes halogenated alkanes) is 52. The van der Waals surface area contributed by atoms with Crippen LogP contribution in [0.3, 0.4) is 0 Å². The predicted octanol–water partition coefficient (Wildman–Crippen LogP) is 23.9. The third-order valence-electron chi connectivity index (χ3n) is 19.8. The van der Waals surface area contributed by atoms with E-state index in [0.717, 1.165) is 87.3 Å². The van der Waals surface area contributed by atoms with Gasteiger partial charge >= 0.3 is 0 Å². The molecule has 0 aliphatic rings. The van der Waals surface area contributed by atoms with Crippen LogP contribution in [-0.2, 0) is 37.9 Å². The van der Waals surface area contributed by atoms with Gasteiger partial charge in [-0.15, -0.1) is 0 Å². The van der Waals surface area contributed by atoms with E-state index in [2.05, 4.69) is 55.9 Å². The molecule has 0 aliphatic carbocycles. The molecule has 0 aliphatic heterocycles. The Kier molecular flexibility index (Phi) is 78.0. The zero-order valence-corrected chi connectivity index (χ0v) is 65.6. The number of nitrogens with zero attached hydrogens (tertiary/aromatic N) is 2. The van der Waals surface area contributed by atoms with Crippen LogP contribution in [0.2, 0.25) is 0 Å². The molecule has 0 aromatic heterocycles. The van der Waals surface area contributed by atoms with E-state index in [0.29, 0.717) is 66.1 Å². The Bertz CT molecular complexity index is 1270. The summed E-state index contributed by atoms with van der Waals surface area (Å²) >= 11 is 0. The second-order valence-electron chi connectivity index (χ2n) is 30.7. The Hall–Kier alpha value is -0.400. The first kappa shape index (κ1) is 93.6. The zero-order valence-electron chi connectivity index (χ0n) is 65.6. The van der Waals surface area contributed by atoms with Gasteiger partial charge in [-0.1, -0.05) is 362 Å². The molecule has 0 radical (unpaired) electrons. The quantitative estimate of drug-likeness (QED) is 0.0441. The predicted molar refractivity (Wildman–Crippen MR) is 409 cm³/mol. The summed E-state index contributed by atoms with van der Waals surface area (Å²) in [7, 11) is 9.23. The van der Waals surface area contributed by atoms with Crippen molar-refractivity contribution in [2.45, 2.75) is 399 Å². The van der Waals surface area contributed by atoms with Crippen molar-refractivity contribution in [3.63, 3.8) is 0 Å². The first-order chi connectivity index (χ1) is 46.2. The molecule has 0 saturated carbocycles. The number of quaternary nitrogens is 2. The lowest BCUT2D eigenvalue weighted by atomic mass is 10.0. The van der Waals surface area contributed by atoms with E-state index in [1.807, 2.05) is 0 Å². The summed E-state index contributed by atoms with van der Waals surface area (Å²) in [6.07, 6.45) is 77.4. The van der Waals surface area contributed by atoms with Crippen LogP contribution in [0.15, 0.2) is 0 Å². The van der Waals surface area contributed by atoms with Crippen LogP contribution in [0.5, 0.6) is 0 Å². The fourth-order valence-electron chi connectivity index (χ4n) is 13.3. The van der Waals surface area contributed by atoms with E-state index in [1.165, 1.54) is 334 Å². The molecule has 0 aromatic rings. The maximum Gasteiger partial charge on any atom is 0.130 e. The van der Waals surface area contributed by atoms with Gasteiger partial charge in [-0.3, -0.25) is 0 Å². The minimum Gasteiger partial charge on any atom is -0.379 e. The van der Waals surface area contributed by atoms with Crippen LogP contribution >= 0.6 is 0 Å². The van der Waals surface area contributed by atoms with Crippen molar-refractivity contribution in [3.8, 4) is 0 Å². The molecule has 0 spiro atoms. The highest BCUT2D eigenvalue weighted by molar-refractivity contribution is 4.61. The highest BCUT2D eigenvalue weighted by atomic mass is 16.6. The summed E-state index contributed by atoms with van der Waals surface area (Å²) in [6, 6.07) is 0. The fraction of sp³-hybridized carbons (Fsp3) is 1.00. The highest BCUT2D eigenvalue weighted by Crippen LogP contribution is 2.19. The van der Waals surface area contributed by atoms with Crippen molar-refractivity contribution in [2.24, 2.45) is 0 Å². The Labute approximate surface area is 590 Å². The third-order valence-corrected chi connectivity index (χ3v) is 19.8. The van der Waals surface area contributed by atoms with Gasteiger partial charge in [0, 0.05) is 26.4 Å². The monoisotopic (exact) mass is 1340 g/mol. The standard InChI is InChI=1S/C84H174N2O8/c1-9-13-17-21-25-29-33-37-41-45-49-53-57-61-67-91-81-83(93-69-63-59-55-51-47-43-39-35-31-27-23-19-15-11-3)79-85(5,6)65-71-87-73-75-89-77-78-90-76-74-88-72-66-86(7,8)80-84(94-70-64-60-56-52-48-44-40-36-32-28-24-20-16-12-4)82-92-68-62-58-54-50-46-42-38-34-30-26-22-18-14-10-2/h83-84H,9-82H2,1-8H3/q+2. The largest absolute Gasteiger partial charge is 0.379 e. The summed E-state index contributed by atoms with van der Waals surface area (Å²) in [5, 5.41) is 0. The van der Waals surface area contributed by atoms with Gasteiger partial charge < -0.3 is 46.9 Å². The van der Waals surface area contributed by atoms with Gasteiger partial charge in [-0.05, 0) is 25.7 Å². The molecule has 0 bridgehead atoms. The summed E-state index contributed by atoms with van der Waals surface area (Å²) < 4.78 is 51.5.